The molecule has 2 bridgehead atoms. The molecule has 3 heteroatoms. The summed E-state index contributed by atoms with van der Waals surface area (Å²) in [4.78, 5) is 0. The van der Waals surface area contributed by atoms with Crippen LogP contribution in [0.3, 0.4) is 0 Å². The summed E-state index contributed by atoms with van der Waals surface area (Å²) in [5.41, 5.74) is 1.05. The summed E-state index contributed by atoms with van der Waals surface area (Å²) in [5, 5.41) is 3.81. The number of nitrogens with one attached hydrogen (secondary N) is 1. The van der Waals surface area contributed by atoms with Crippen molar-refractivity contribution in [3.63, 3.8) is 0 Å². The second-order valence-corrected chi connectivity index (χ2v) is 7.29. The molecule has 3 rings (SSSR count). The molecule has 2 aliphatic carbocycles. The van der Waals surface area contributed by atoms with Gasteiger partial charge in [0.15, 0.2) is 0 Å². The molecule has 2 aliphatic rings. The minimum Gasteiger partial charge on any atom is -0.314 e. The third-order valence-corrected chi connectivity index (χ3v) is 5.74. The largest absolute Gasteiger partial charge is 0.314 e. The zero-order valence-corrected chi connectivity index (χ0v) is 13.5. The highest BCUT2D eigenvalue weighted by molar-refractivity contribution is 6.30. The van der Waals surface area contributed by atoms with Crippen molar-refractivity contribution < 1.29 is 4.39 Å². The molecule has 0 spiro atoms. The maximum absolute atomic E-state index is 13.6. The van der Waals surface area contributed by atoms with Crippen molar-refractivity contribution in [1.29, 1.82) is 0 Å². The Bertz CT molecular complexity index is 490. The highest BCUT2D eigenvalue weighted by atomic mass is 35.5. The van der Waals surface area contributed by atoms with Crippen LogP contribution in [0.15, 0.2) is 18.2 Å². The van der Waals surface area contributed by atoms with E-state index in [2.05, 4.69) is 12.2 Å². The smallest absolute Gasteiger partial charge is 0.142 e. The van der Waals surface area contributed by atoms with Crippen LogP contribution in [-0.2, 0) is 6.42 Å². The Hall–Kier alpha value is -0.600. The summed E-state index contributed by atoms with van der Waals surface area (Å²) in [6.45, 7) is 3.12. The van der Waals surface area contributed by atoms with E-state index in [1.807, 2.05) is 6.07 Å². The second kappa shape index (κ2) is 6.66. The van der Waals surface area contributed by atoms with Crippen LogP contribution in [-0.4, -0.2) is 12.6 Å². The van der Waals surface area contributed by atoms with Crippen molar-refractivity contribution >= 4 is 11.6 Å². The molecule has 0 saturated heterocycles. The van der Waals surface area contributed by atoms with Gasteiger partial charge >= 0.3 is 0 Å². The first-order chi connectivity index (χ1) is 10.2. The molecule has 1 aromatic carbocycles. The van der Waals surface area contributed by atoms with Crippen LogP contribution in [0.5, 0.6) is 0 Å². The Morgan fingerprint density at radius 3 is 2.81 bits per heavy atom. The predicted octanol–water partition coefficient (Wildman–Crippen LogP) is 4.83. The molecule has 2 fully saturated rings. The van der Waals surface area contributed by atoms with E-state index in [-0.39, 0.29) is 10.8 Å². The fourth-order valence-corrected chi connectivity index (χ4v) is 4.63. The molecule has 1 N–H and O–H groups in total. The molecule has 116 valence electrons. The normalized spacial score (nSPS) is 29.0. The summed E-state index contributed by atoms with van der Waals surface area (Å²) >= 11 is 5.77. The van der Waals surface area contributed by atoms with Gasteiger partial charge in [0.1, 0.15) is 5.82 Å². The van der Waals surface area contributed by atoms with Crippen molar-refractivity contribution in [1.82, 2.24) is 5.32 Å². The Kier molecular flexibility index (Phi) is 4.85. The van der Waals surface area contributed by atoms with Gasteiger partial charge in [0.25, 0.3) is 0 Å². The van der Waals surface area contributed by atoms with Crippen LogP contribution < -0.4 is 5.32 Å². The Balaban J connectivity index is 1.62. The van der Waals surface area contributed by atoms with E-state index in [0.717, 1.165) is 36.3 Å². The van der Waals surface area contributed by atoms with Gasteiger partial charge in [-0.15, -0.1) is 0 Å². The van der Waals surface area contributed by atoms with Crippen LogP contribution in [0.4, 0.5) is 4.39 Å². The van der Waals surface area contributed by atoms with Crippen molar-refractivity contribution in [3.8, 4) is 0 Å². The molecule has 2 saturated carbocycles. The van der Waals surface area contributed by atoms with Crippen molar-refractivity contribution in [3.05, 3.63) is 34.6 Å². The number of likely N-dealkylation sites (N-methyl/N-ethyl adjacent to an activating group) is 1. The third kappa shape index (κ3) is 3.60. The molecular formula is C18H25ClFN. The van der Waals surface area contributed by atoms with Gasteiger partial charge in [-0.2, -0.15) is 0 Å². The molecular weight excluding hydrogens is 285 g/mol. The third-order valence-electron chi connectivity index (χ3n) is 5.43. The van der Waals surface area contributed by atoms with Gasteiger partial charge in [-0.3, -0.25) is 0 Å². The summed E-state index contributed by atoms with van der Waals surface area (Å²) in [6, 6.07) is 5.68. The SMILES string of the molecule is CCNC(Cc1ccc(Cl)c(F)c1)CC1CC2CCC1C2. The first-order valence-electron chi connectivity index (χ1n) is 8.33. The molecule has 0 aliphatic heterocycles. The fraction of sp³-hybridized carbons (Fsp3) is 0.667. The number of fused-ring (bicyclic) bond motifs is 2. The van der Waals surface area contributed by atoms with Crippen molar-refractivity contribution in [2.24, 2.45) is 17.8 Å². The summed E-state index contributed by atoms with van der Waals surface area (Å²) in [5.74, 6) is 2.53. The Morgan fingerprint density at radius 1 is 1.33 bits per heavy atom. The lowest BCUT2D eigenvalue weighted by molar-refractivity contribution is 0.278. The molecule has 0 radical (unpaired) electrons. The van der Waals surface area contributed by atoms with Crippen LogP contribution >= 0.6 is 11.6 Å². The fourth-order valence-electron chi connectivity index (χ4n) is 4.51. The van der Waals surface area contributed by atoms with Gasteiger partial charge < -0.3 is 5.32 Å². The molecule has 21 heavy (non-hydrogen) atoms. The average molecular weight is 310 g/mol. The second-order valence-electron chi connectivity index (χ2n) is 6.88. The van der Waals surface area contributed by atoms with Crippen molar-refractivity contribution in [2.45, 2.75) is 51.5 Å². The molecule has 4 unspecified atom stereocenters. The summed E-state index contributed by atoms with van der Waals surface area (Å²) in [7, 11) is 0. The quantitative estimate of drug-likeness (QED) is 0.794. The summed E-state index contributed by atoms with van der Waals surface area (Å²) in [6.07, 6.45) is 7.90. The van der Waals surface area contributed by atoms with E-state index >= 15 is 0 Å². The first kappa shape index (κ1) is 15.3. The van der Waals surface area contributed by atoms with Gasteiger partial charge in [-0.1, -0.05) is 31.0 Å². The highest BCUT2D eigenvalue weighted by Gasteiger charge is 2.39. The molecule has 0 heterocycles. The first-order valence-corrected chi connectivity index (χ1v) is 8.70. The zero-order valence-electron chi connectivity index (χ0n) is 12.7. The van der Waals surface area contributed by atoms with Gasteiger partial charge in [-0.25, -0.2) is 4.39 Å². The minimum absolute atomic E-state index is 0.215. The Morgan fingerprint density at radius 2 is 2.19 bits per heavy atom. The maximum atomic E-state index is 13.6. The molecule has 1 aromatic rings. The Labute approximate surface area is 132 Å². The van der Waals surface area contributed by atoms with E-state index in [9.17, 15) is 4.39 Å². The molecule has 4 atom stereocenters. The van der Waals surface area contributed by atoms with E-state index in [4.69, 9.17) is 11.6 Å². The monoisotopic (exact) mass is 309 g/mol. The standard InChI is InChI=1S/C18H25ClFN/c1-2-21-16(9-13-4-6-17(19)18(20)10-13)11-15-8-12-3-5-14(15)7-12/h4,6,10,12,14-16,21H,2-3,5,7-9,11H2,1H3. The van der Waals surface area contributed by atoms with E-state index in [0.29, 0.717) is 6.04 Å². The van der Waals surface area contributed by atoms with Crippen LogP contribution in [0, 0.1) is 23.6 Å². The van der Waals surface area contributed by atoms with E-state index < -0.39 is 0 Å². The van der Waals surface area contributed by atoms with Gasteiger partial charge in [-0.05, 0) is 74.1 Å². The predicted molar refractivity (Wildman–Crippen MR) is 86.1 cm³/mol. The minimum atomic E-state index is -0.302. The maximum Gasteiger partial charge on any atom is 0.142 e. The van der Waals surface area contributed by atoms with Gasteiger partial charge in [0, 0.05) is 6.04 Å². The van der Waals surface area contributed by atoms with Crippen molar-refractivity contribution in [2.75, 3.05) is 6.54 Å². The lowest BCUT2D eigenvalue weighted by atomic mass is 9.83. The number of halogens is 2. The zero-order chi connectivity index (χ0) is 14.8. The van der Waals surface area contributed by atoms with Gasteiger partial charge in [0.05, 0.1) is 5.02 Å². The number of rotatable bonds is 6. The molecule has 0 aromatic heterocycles. The number of benzene rings is 1. The van der Waals surface area contributed by atoms with E-state index in [1.54, 1.807) is 12.1 Å². The average Bonchev–Trinajstić information content (AvgIpc) is 3.05. The summed E-state index contributed by atoms with van der Waals surface area (Å²) < 4.78 is 13.6. The topological polar surface area (TPSA) is 12.0 Å². The van der Waals surface area contributed by atoms with Crippen LogP contribution in [0.2, 0.25) is 5.02 Å². The number of hydrogen-bond donors (Lipinski definition) is 1. The van der Waals surface area contributed by atoms with Crippen LogP contribution in [0.1, 0.15) is 44.6 Å². The highest BCUT2D eigenvalue weighted by Crippen LogP contribution is 2.50. The van der Waals surface area contributed by atoms with E-state index in [1.165, 1.54) is 32.1 Å². The molecule has 0 amide bonds. The lowest BCUT2D eigenvalue weighted by Crippen LogP contribution is -2.34. The van der Waals surface area contributed by atoms with Crippen LogP contribution in [0.25, 0.3) is 0 Å². The molecule has 1 nitrogen and oxygen atoms in total. The lowest BCUT2D eigenvalue weighted by Gasteiger charge is -2.27. The number of hydrogen-bond acceptors (Lipinski definition) is 1. The van der Waals surface area contributed by atoms with Gasteiger partial charge in [0.2, 0.25) is 0 Å².